The number of amides is 2. The zero-order valence-electron chi connectivity index (χ0n) is 18.8. The molecule has 1 aromatic heterocycles. The SMILES string of the molecule is CCCNC(=O)[C@H]1[C@H](CO)[C@H]2Cn3c(ccc(C4=CCCC4)c3=O)[C@@H]1N2C(=O)CC1CC1. The second kappa shape index (κ2) is 8.50. The molecule has 0 unspecified atom stereocenters. The number of carbonyl (C=O) groups is 2. The average molecular weight is 440 g/mol. The van der Waals surface area contributed by atoms with Crippen molar-refractivity contribution < 1.29 is 14.7 Å². The summed E-state index contributed by atoms with van der Waals surface area (Å²) in [5.74, 6) is -0.584. The van der Waals surface area contributed by atoms with Crippen molar-refractivity contribution in [3.05, 3.63) is 39.8 Å². The summed E-state index contributed by atoms with van der Waals surface area (Å²) in [4.78, 5) is 41.9. The molecule has 2 fully saturated rings. The maximum absolute atomic E-state index is 13.5. The van der Waals surface area contributed by atoms with Crippen molar-refractivity contribution in [2.75, 3.05) is 13.2 Å². The molecule has 2 bridgehead atoms. The molecule has 1 aromatic rings. The highest BCUT2D eigenvalue weighted by Gasteiger charge is 2.57. The van der Waals surface area contributed by atoms with Crippen LogP contribution in [0.1, 0.15) is 69.2 Å². The van der Waals surface area contributed by atoms with E-state index in [1.54, 1.807) is 4.57 Å². The largest absolute Gasteiger partial charge is 0.396 e. The normalized spacial score (nSPS) is 28.4. The molecular formula is C25H33N3O4. The molecule has 2 aliphatic carbocycles. The number of aromatic nitrogens is 1. The molecule has 0 radical (unpaired) electrons. The van der Waals surface area contributed by atoms with Gasteiger partial charge in [0.1, 0.15) is 0 Å². The van der Waals surface area contributed by atoms with Gasteiger partial charge in [-0.05, 0) is 62.1 Å². The van der Waals surface area contributed by atoms with Crippen molar-refractivity contribution in [3.8, 4) is 0 Å². The Kier molecular flexibility index (Phi) is 5.70. The number of rotatable bonds is 7. The molecule has 0 aromatic carbocycles. The molecular weight excluding hydrogens is 406 g/mol. The number of fused-ring (bicyclic) bond motifs is 4. The van der Waals surface area contributed by atoms with Crippen molar-refractivity contribution in [2.24, 2.45) is 17.8 Å². The van der Waals surface area contributed by atoms with Gasteiger partial charge < -0.3 is 19.9 Å². The van der Waals surface area contributed by atoms with Gasteiger partial charge in [-0.2, -0.15) is 0 Å². The first kappa shape index (κ1) is 21.4. The van der Waals surface area contributed by atoms with Crippen molar-refractivity contribution in [1.82, 2.24) is 14.8 Å². The Morgan fingerprint density at radius 3 is 2.72 bits per heavy atom. The lowest BCUT2D eigenvalue weighted by atomic mass is 9.86. The lowest BCUT2D eigenvalue weighted by Gasteiger charge is -2.38. The van der Waals surface area contributed by atoms with Crippen molar-refractivity contribution in [3.63, 3.8) is 0 Å². The Morgan fingerprint density at radius 1 is 1.25 bits per heavy atom. The topological polar surface area (TPSA) is 91.6 Å². The standard InChI is InChI=1S/C25H33N3O4/c1-2-11-26-24(31)22-18(14-29)20-13-27-19(23(22)28(20)21(30)12-15-7-8-15)10-9-17(25(27)32)16-5-3-4-6-16/h5,9-10,15,18,20,22-23,29H,2-4,6-8,11-14H2,1H3,(H,26,31)/t18-,20-,22+,23+/m1/s1. The van der Waals surface area contributed by atoms with Gasteiger partial charge in [0, 0.05) is 43.3 Å². The van der Waals surface area contributed by atoms with Crippen molar-refractivity contribution in [1.29, 1.82) is 0 Å². The monoisotopic (exact) mass is 439 g/mol. The van der Waals surface area contributed by atoms with Gasteiger partial charge in [-0.3, -0.25) is 14.4 Å². The van der Waals surface area contributed by atoms with E-state index in [-0.39, 0.29) is 35.9 Å². The van der Waals surface area contributed by atoms with E-state index in [2.05, 4.69) is 11.4 Å². The Bertz CT molecular complexity index is 1010. The van der Waals surface area contributed by atoms with Crippen LogP contribution in [-0.2, 0) is 16.1 Å². The van der Waals surface area contributed by atoms with Gasteiger partial charge in [0.05, 0.1) is 18.0 Å². The zero-order valence-corrected chi connectivity index (χ0v) is 18.8. The summed E-state index contributed by atoms with van der Waals surface area (Å²) < 4.78 is 1.78. The molecule has 1 saturated carbocycles. The summed E-state index contributed by atoms with van der Waals surface area (Å²) in [5, 5.41) is 13.3. The van der Waals surface area contributed by atoms with E-state index in [0.717, 1.165) is 55.4 Å². The molecule has 0 spiro atoms. The third kappa shape index (κ3) is 3.51. The molecule has 2 amide bonds. The number of aliphatic hydroxyl groups is 1. The Hall–Kier alpha value is -2.41. The number of hydrogen-bond acceptors (Lipinski definition) is 4. The fraction of sp³-hybridized carbons (Fsp3) is 0.640. The fourth-order valence-electron chi connectivity index (χ4n) is 5.95. The number of nitrogens with one attached hydrogen (secondary N) is 1. The van der Waals surface area contributed by atoms with E-state index in [0.29, 0.717) is 25.4 Å². The van der Waals surface area contributed by atoms with E-state index < -0.39 is 12.0 Å². The van der Waals surface area contributed by atoms with Crippen molar-refractivity contribution in [2.45, 2.75) is 70.5 Å². The first-order valence-corrected chi connectivity index (χ1v) is 12.2. The second-order valence-corrected chi connectivity index (χ2v) is 9.83. The van der Waals surface area contributed by atoms with Gasteiger partial charge in [-0.1, -0.05) is 13.0 Å². The molecule has 4 aliphatic rings. The quantitative estimate of drug-likeness (QED) is 0.682. The molecule has 4 atom stereocenters. The highest BCUT2D eigenvalue weighted by molar-refractivity contribution is 5.84. The molecule has 2 aliphatic heterocycles. The highest BCUT2D eigenvalue weighted by atomic mass is 16.3. The molecule has 3 heterocycles. The molecule has 5 rings (SSSR count). The summed E-state index contributed by atoms with van der Waals surface area (Å²) in [6, 6.07) is 2.97. The van der Waals surface area contributed by atoms with Gasteiger partial charge >= 0.3 is 0 Å². The van der Waals surface area contributed by atoms with Crippen molar-refractivity contribution >= 4 is 17.4 Å². The average Bonchev–Trinajstić information content (AvgIpc) is 3.35. The fourth-order valence-corrected chi connectivity index (χ4v) is 5.95. The van der Waals surface area contributed by atoms with Crippen LogP contribution in [0.15, 0.2) is 23.0 Å². The van der Waals surface area contributed by atoms with Gasteiger partial charge in [0.15, 0.2) is 0 Å². The van der Waals surface area contributed by atoms with Crippen LogP contribution in [0, 0.1) is 17.8 Å². The maximum Gasteiger partial charge on any atom is 0.258 e. The molecule has 32 heavy (non-hydrogen) atoms. The van der Waals surface area contributed by atoms with Gasteiger partial charge in [-0.25, -0.2) is 0 Å². The molecule has 1 saturated heterocycles. The molecule has 7 heteroatoms. The van der Waals surface area contributed by atoms with Crippen LogP contribution in [-0.4, -0.2) is 45.6 Å². The summed E-state index contributed by atoms with van der Waals surface area (Å²) >= 11 is 0. The second-order valence-electron chi connectivity index (χ2n) is 9.83. The van der Waals surface area contributed by atoms with E-state index in [4.69, 9.17) is 0 Å². The van der Waals surface area contributed by atoms with Crippen LogP contribution in [0.4, 0.5) is 0 Å². The first-order chi connectivity index (χ1) is 15.5. The smallest absolute Gasteiger partial charge is 0.258 e. The molecule has 2 N–H and O–H groups in total. The van der Waals surface area contributed by atoms with E-state index in [1.807, 2.05) is 24.0 Å². The van der Waals surface area contributed by atoms with Crippen LogP contribution < -0.4 is 10.9 Å². The van der Waals surface area contributed by atoms with Crippen LogP contribution >= 0.6 is 0 Å². The highest BCUT2D eigenvalue weighted by Crippen LogP contribution is 2.49. The van der Waals surface area contributed by atoms with Gasteiger partial charge in [0.25, 0.3) is 5.56 Å². The number of nitrogens with zero attached hydrogens (tertiary/aromatic N) is 2. The van der Waals surface area contributed by atoms with Crippen LogP contribution in [0.25, 0.3) is 5.57 Å². The Morgan fingerprint density at radius 2 is 2.06 bits per heavy atom. The number of allylic oxidation sites excluding steroid dienone is 2. The summed E-state index contributed by atoms with van der Waals surface area (Å²) in [7, 11) is 0. The molecule has 7 nitrogen and oxygen atoms in total. The van der Waals surface area contributed by atoms with E-state index >= 15 is 0 Å². The minimum absolute atomic E-state index is 0.0359. The third-order valence-corrected chi connectivity index (χ3v) is 7.73. The number of carbonyl (C=O) groups excluding carboxylic acids is 2. The van der Waals surface area contributed by atoms with Gasteiger partial charge in [-0.15, -0.1) is 0 Å². The summed E-state index contributed by atoms with van der Waals surface area (Å²) in [6.45, 7) is 2.71. The van der Waals surface area contributed by atoms with Crippen LogP contribution in [0.5, 0.6) is 0 Å². The lowest BCUT2D eigenvalue weighted by molar-refractivity contribution is -0.137. The van der Waals surface area contributed by atoms with Crippen LogP contribution in [0.3, 0.4) is 0 Å². The predicted molar refractivity (Wildman–Crippen MR) is 121 cm³/mol. The number of hydrogen-bond donors (Lipinski definition) is 2. The van der Waals surface area contributed by atoms with Crippen LogP contribution in [0.2, 0.25) is 0 Å². The Balaban J connectivity index is 1.58. The number of pyridine rings is 1. The maximum atomic E-state index is 13.5. The van der Waals surface area contributed by atoms with Gasteiger partial charge in [0.2, 0.25) is 11.8 Å². The minimum atomic E-state index is -0.551. The van der Waals surface area contributed by atoms with E-state index in [1.165, 1.54) is 0 Å². The summed E-state index contributed by atoms with van der Waals surface area (Å²) in [6.07, 6.45) is 8.58. The number of aliphatic hydroxyl groups excluding tert-OH is 1. The third-order valence-electron chi connectivity index (χ3n) is 7.73. The Labute approximate surface area is 188 Å². The predicted octanol–water partition coefficient (Wildman–Crippen LogP) is 2.23. The molecule has 172 valence electrons. The minimum Gasteiger partial charge on any atom is -0.396 e. The first-order valence-electron chi connectivity index (χ1n) is 12.2. The zero-order chi connectivity index (χ0) is 22.4. The van der Waals surface area contributed by atoms with E-state index in [9.17, 15) is 19.5 Å². The summed E-state index contributed by atoms with van der Waals surface area (Å²) in [5.41, 5.74) is 2.52. The lowest BCUT2D eigenvalue weighted by Crippen LogP contribution is -2.49.